The van der Waals surface area contributed by atoms with Gasteiger partial charge >= 0.3 is 0 Å². The molecule has 1 aliphatic rings. The molecule has 0 saturated carbocycles. The number of rotatable bonds is 5. The Morgan fingerprint density at radius 2 is 1.79 bits per heavy atom. The lowest BCUT2D eigenvalue weighted by Crippen LogP contribution is -2.41. The first-order valence-corrected chi connectivity index (χ1v) is 10.7. The van der Waals surface area contributed by atoms with Gasteiger partial charge < -0.3 is 9.64 Å². The van der Waals surface area contributed by atoms with Gasteiger partial charge in [-0.2, -0.15) is 0 Å². The highest BCUT2D eigenvalue weighted by Gasteiger charge is 2.21. The number of nitrogens with zero attached hydrogens (tertiary/aromatic N) is 4. The highest BCUT2D eigenvalue weighted by Crippen LogP contribution is 2.29. The molecule has 0 aliphatic carbocycles. The standard InChI is InChI=1S/C22H24N4O2S/c1-16-8-9-18(14-17(16)2)21-23-24-22(26(21)19-6-4-3-5-7-19)29-15-20(27)25-10-12-28-13-11-25/h3-9,14H,10-13,15H2,1-2H3. The SMILES string of the molecule is Cc1ccc(-c2nnc(SCC(=O)N3CCOCC3)n2-c2ccccc2)cc1C. The summed E-state index contributed by atoms with van der Waals surface area (Å²) >= 11 is 1.42. The van der Waals surface area contributed by atoms with Crippen molar-refractivity contribution in [3.63, 3.8) is 0 Å². The van der Waals surface area contributed by atoms with E-state index in [1.54, 1.807) is 0 Å². The summed E-state index contributed by atoms with van der Waals surface area (Å²) in [7, 11) is 0. The van der Waals surface area contributed by atoms with Crippen molar-refractivity contribution in [3.05, 3.63) is 59.7 Å². The predicted octanol–water partition coefficient (Wildman–Crippen LogP) is 3.50. The summed E-state index contributed by atoms with van der Waals surface area (Å²) in [5.74, 6) is 1.21. The van der Waals surface area contributed by atoms with Crippen molar-refractivity contribution in [2.45, 2.75) is 19.0 Å². The highest BCUT2D eigenvalue weighted by molar-refractivity contribution is 7.99. The first-order chi connectivity index (χ1) is 14.1. The van der Waals surface area contributed by atoms with E-state index in [-0.39, 0.29) is 5.91 Å². The van der Waals surface area contributed by atoms with Crippen LogP contribution in [0.25, 0.3) is 17.1 Å². The topological polar surface area (TPSA) is 60.3 Å². The van der Waals surface area contributed by atoms with E-state index in [1.807, 2.05) is 39.8 Å². The molecule has 2 aromatic carbocycles. The molecule has 1 aromatic heterocycles. The van der Waals surface area contributed by atoms with Gasteiger partial charge in [-0.1, -0.05) is 42.1 Å². The number of thioether (sulfide) groups is 1. The molecule has 1 saturated heterocycles. The van der Waals surface area contributed by atoms with Crippen LogP contribution in [0.4, 0.5) is 0 Å². The van der Waals surface area contributed by atoms with Crippen LogP contribution in [0, 0.1) is 13.8 Å². The van der Waals surface area contributed by atoms with Gasteiger partial charge in [0.25, 0.3) is 0 Å². The fourth-order valence-corrected chi connectivity index (χ4v) is 4.13. The number of hydrogen-bond donors (Lipinski definition) is 0. The molecule has 3 aromatic rings. The third-order valence-corrected chi connectivity index (χ3v) is 6.02. The molecule has 0 unspecified atom stereocenters. The second-order valence-electron chi connectivity index (χ2n) is 7.06. The van der Waals surface area contributed by atoms with Gasteiger partial charge in [-0.25, -0.2) is 0 Å². The predicted molar refractivity (Wildman–Crippen MR) is 114 cm³/mol. The quantitative estimate of drug-likeness (QED) is 0.605. The summed E-state index contributed by atoms with van der Waals surface area (Å²) in [6, 6.07) is 16.3. The Hall–Kier alpha value is -2.64. The summed E-state index contributed by atoms with van der Waals surface area (Å²) in [5, 5.41) is 9.60. The van der Waals surface area contributed by atoms with Gasteiger partial charge in [0.1, 0.15) is 0 Å². The summed E-state index contributed by atoms with van der Waals surface area (Å²) < 4.78 is 7.36. The first kappa shape index (κ1) is 19.7. The monoisotopic (exact) mass is 408 g/mol. The Kier molecular flexibility index (Phi) is 5.97. The molecule has 0 atom stereocenters. The number of amides is 1. The minimum Gasteiger partial charge on any atom is -0.378 e. The van der Waals surface area contributed by atoms with Crippen LogP contribution in [0.1, 0.15) is 11.1 Å². The number of carbonyl (C=O) groups excluding carboxylic acids is 1. The Balaban J connectivity index is 1.64. The van der Waals surface area contributed by atoms with Crippen LogP contribution in [0.2, 0.25) is 0 Å². The normalized spacial score (nSPS) is 14.2. The molecule has 1 aliphatic heterocycles. The minimum atomic E-state index is 0.105. The van der Waals surface area contributed by atoms with E-state index < -0.39 is 0 Å². The number of aryl methyl sites for hydroxylation is 2. The van der Waals surface area contributed by atoms with Gasteiger partial charge in [0.05, 0.1) is 19.0 Å². The molecule has 150 valence electrons. The maximum absolute atomic E-state index is 12.6. The van der Waals surface area contributed by atoms with Gasteiger partial charge in [0.15, 0.2) is 11.0 Å². The maximum Gasteiger partial charge on any atom is 0.233 e. The van der Waals surface area contributed by atoms with Gasteiger partial charge in [0, 0.05) is 24.3 Å². The van der Waals surface area contributed by atoms with Crippen LogP contribution >= 0.6 is 11.8 Å². The lowest BCUT2D eigenvalue weighted by Gasteiger charge is -2.26. The van der Waals surface area contributed by atoms with Crippen LogP contribution in [-0.2, 0) is 9.53 Å². The second kappa shape index (κ2) is 8.80. The molecule has 4 rings (SSSR count). The molecule has 1 amide bonds. The molecule has 0 bridgehead atoms. The highest BCUT2D eigenvalue weighted by atomic mass is 32.2. The first-order valence-electron chi connectivity index (χ1n) is 9.70. The van der Waals surface area contributed by atoms with Crippen LogP contribution in [-0.4, -0.2) is 57.6 Å². The lowest BCUT2D eigenvalue weighted by molar-refractivity contribution is -0.132. The fraction of sp³-hybridized carbons (Fsp3) is 0.318. The van der Waals surface area contributed by atoms with Crippen LogP contribution in [0.15, 0.2) is 53.7 Å². The Morgan fingerprint density at radius 1 is 1.03 bits per heavy atom. The average Bonchev–Trinajstić information content (AvgIpc) is 3.19. The van der Waals surface area contributed by atoms with E-state index in [9.17, 15) is 4.79 Å². The molecule has 29 heavy (non-hydrogen) atoms. The molecule has 1 fully saturated rings. The van der Waals surface area contributed by atoms with E-state index >= 15 is 0 Å². The average molecular weight is 409 g/mol. The van der Waals surface area contributed by atoms with Crippen LogP contribution < -0.4 is 0 Å². The number of para-hydroxylation sites is 1. The van der Waals surface area contributed by atoms with E-state index in [1.165, 1.54) is 22.9 Å². The molecular weight excluding hydrogens is 384 g/mol. The van der Waals surface area contributed by atoms with Crippen molar-refractivity contribution in [2.24, 2.45) is 0 Å². The van der Waals surface area contributed by atoms with E-state index in [0.717, 1.165) is 17.1 Å². The minimum absolute atomic E-state index is 0.105. The van der Waals surface area contributed by atoms with Crippen molar-refractivity contribution in [1.29, 1.82) is 0 Å². The van der Waals surface area contributed by atoms with Crippen molar-refractivity contribution >= 4 is 17.7 Å². The zero-order valence-electron chi connectivity index (χ0n) is 16.7. The maximum atomic E-state index is 12.6. The van der Waals surface area contributed by atoms with Gasteiger partial charge in [-0.3, -0.25) is 9.36 Å². The fourth-order valence-electron chi connectivity index (χ4n) is 3.27. The van der Waals surface area contributed by atoms with E-state index in [0.29, 0.717) is 37.2 Å². The molecule has 0 N–H and O–H groups in total. The van der Waals surface area contributed by atoms with Crippen molar-refractivity contribution in [3.8, 4) is 17.1 Å². The van der Waals surface area contributed by atoms with Gasteiger partial charge in [0.2, 0.25) is 5.91 Å². The summed E-state index contributed by atoms with van der Waals surface area (Å²) in [5.41, 5.74) is 4.44. The van der Waals surface area contributed by atoms with E-state index in [2.05, 4.69) is 42.2 Å². The largest absolute Gasteiger partial charge is 0.378 e. The molecule has 6 nitrogen and oxygen atoms in total. The molecule has 0 radical (unpaired) electrons. The number of benzene rings is 2. The third kappa shape index (κ3) is 4.36. The number of morpholine rings is 1. The zero-order valence-corrected chi connectivity index (χ0v) is 17.5. The summed E-state index contributed by atoms with van der Waals surface area (Å²) in [4.78, 5) is 14.4. The Bertz CT molecular complexity index is 997. The Labute approximate surface area is 174 Å². The molecule has 0 spiro atoms. The molecule has 7 heteroatoms. The number of carbonyl (C=O) groups is 1. The smallest absolute Gasteiger partial charge is 0.233 e. The lowest BCUT2D eigenvalue weighted by atomic mass is 10.1. The Morgan fingerprint density at radius 3 is 2.52 bits per heavy atom. The van der Waals surface area contributed by atoms with Crippen molar-refractivity contribution in [2.75, 3.05) is 32.1 Å². The molecule has 2 heterocycles. The molecular formula is C22H24N4O2S. The second-order valence-corrected chi connectivity index (χ2v) is 8.00. The van der Waals surface area contributed by atoms with Crippen LogP contribution in [0.3, 0.4) is 0 Å². The van der Waals surface area contributed by atoms with Crippen molar-refractivity contribution in [1.82, 2.24) is 19.7 Å². The van der Waals surface area contributed by atoms with Gasteiger partial charge in [-0.05, 0) is 43.2 Å². The van der Waals surface area contributed by atoms with Crippen LogP contribution in [0.5, 0.6) is 0 Å². The number of aromatic nitrogens is 3. The van der Waals surface area contributed by atoms with Gasteiger partial charge in [-0.15, -0.1) is 10.2 Å². The summed E-state index contributed by atoms with van der Waals surface area (Å²) in [6.07, 6.45) is 0. The third-order valence-electron chi connectivity index (χ3n) is 5.10. The zero-order chi connectivity index (χ0) is 20.2. The van der Waals surface area contributed by atoms with Crippen molar-refractivity contribution < 1.29 is 9.53 Å². The number of ether oxygens (including phenoxy) is 1. The summed E-state index contributed by atoms with van der Waals surface area (Å²) in [6.45, 7) is 6.71. The van der Waals surface area contributed by atoms with E-state index in [4.69, 9.17) is 4.74 Å². The number of hydrogen-bond acceptors (Lipinski definition) is 5.